The molecular formula is C24H29N5O4. The third-order valence-corrected chi connectivity index (χ3v) is 5.19. The molecule has 0 spiro atoms. The molecular weight excluding hydrogens is 422 g/mol. The normalized spacial score (nSPS) is 11.3. The smallest absolute Gasteiger partial charge is 0.293 e. The van der Waals surface area contributed by atoms with Gasteiger partial charge in [0.1, 0.15) is 11.5 Å². The second-order valence-corrected chi connectivity index (χ2v) is 8.68. The summed E-state index contributed by atoms with van der Waals surface area (Å²) in [5, 5.41) is 21.5. The van der Waals surface area contributed by atoms with Crippen molar-refractivity contribution in [3.63, 3.8) is 0 Å². The molecule has 3 aromatic rings. The number of amides is 1. The molecule has 0 fully saturated rings. The molecule has 0 saturated carbocycles. The van der Waals surface area contributed by atoms with E-state index in [-0.39, 0.29) is 16.7 Å². The van der Waals surface area contributed by atoms with Gasteiger partial charge in [0.15, 0.2) is 0 Å². The highest BCUT2D eigenvalue weighted by atomic mass is 16.6. The highest BCUT2D eigenvalue weighted by Crippen LogP contribution is 2.26. The van der Waals surface area contributed by atoms with Crippen molar-refractivity contribution in [3.8, 4) is 0 Å². The minimum absolute atomic E-state index is 0.0703. The molecule has 0 saturated heterocycles. The Bertz CT molecular complexity index is 1120. The van der Waals surface area contributed by atoms with E-state index in [1.54, 1.807) is 30.1 Å². The fourth-order valence-electron chi connectivity index (χ4n) is 3.30. The van der Waals surface area contributed by atoms with E-state index in [1.807, 2.05) is 12.1 Å². The Hall–Kier alpha value is -3.72. The third-order valence-electron chi connectivity index (χ3n) is 5.19. The predicted molar refractivity (Wildman–Crippen MR) is 128 cm³/mol. The van der Waals surface area contributed by atoms with E-state index in [0.29, 0.717) is 31.2 Å². The van der Waals surface area contributed by atoms with Gasteiger partial charge in [0.05, 0.1) is 24.3 Å². The molecule has 0 unspecified atom stereocenters. The van der Waals surface area contributed by atoms with E-state index in [1.165, 1.54) is 17.7 Å². The van der Waals surface area contributed by atoms with Gasteiger partial charge >= 0.3 is 0 Å². The summed E-state index contributed by atoms with van der Waals surface area (Å²) >= 11 is 0. The van der Waals surface area contributed by atoms with E-state index in [9.17, 15) is 14.9 Å². The topological polar surface area (TPSA) is 111 Å². The Balaban J connectivity index is 1.73. The molecule has 3 rings (SSSR count). The number of ether oxygens (including phenoxy) is 1. The van der Waals surface area contributed by atoms with Gasteiger partial charge in [-0.1, -0.05) is 45.0 Å². The molecule has 2 N–H and O–H groups in total. The van der Waals surface area contributed by atoms with Crippen molar-refractivity contribution >= 4 is 23.1 Å². The zero-order chi connectivity index (χ0) is 24.0. The molecule has 0 radical (unpaired) electrons. The highest BCUT2D eigenvalue weighted by molar-refractivity contribution is 6.04. The van der Waals surface area contributed by atoms with Gasteiger partial charge in [0.25, 0.3) is 11.6 Å². The minimum Gasteiger partial charge on any atom is -0.383 e. The summed E-state index contributed by atoms with van der Waals surface area (Å²) in [5.74, 6) is 0.0521. The lowest BCUT2D eigenvalue weighted by molar-refractivity contribution is -0.384. The van der Waals surface area contributed by atoms with Crippen LogP contribution in [-0.4, -0.2) is 40.9 Å². The average Bonchev–Trinajstić information content (AvgIpc) is 3.20. The summed E-state index contributed by atoms with van der Waals surface area (Å²) in [6, 6.07) is 14.3. The summed E-state index contributed by atoms with van der Waals surface area (Å²) in [5.41, 5.74) is 2.69. The number of methoxy groups -OCH3 is 1. The molecule has 0 aliphatic heterocycles. The van der Waals surface area contributed by atoms with Crippen molar-refractivity contribution in [2.24, 2.45) is 0 Å². The van der Waals surface area contributed by atoms with E-state index in [4.69, 9.17) is 4.74 Å². The van der Waals surface area contributed by atoms with Crippen molar-refractivity contribution in [2.45, 2.75) is 32.7 Å². The second-order valence-electron chi connectivity index (χ2n) is 8.68. The van der Waals surface area contributed by atoms with Gasteiger partial charge in [0, 0.05) is 31.4 Å². The monoisotopic (exact) mass is 451 g/mol. The lowest BCUT2D eigenvalue weighted by Crippen LogP contribution is -2.17. The molecule has 1 amide bonds. The predicted octanol–water partition coefficient (Wildman–Crippen LogP) is 4.45. The maximum atomic E-state index is 12.8. The van der Waals surface area contributed by atoms with Crippen LogP contribution in [0.1, 0.15) is 42.3 Å². The fraction of sp³-hybridized carbons (Fsp3) is 0.333. The number of rotatable bonds is 9. The van der Waals surface area contributed by atoms with Crippen molar-refractivity contribution in [1.82, 2.24) is 9.78 Å². The largest absolute Gasteiger partial charge is 0.383 e. The van der Waals surface area contributed by atoms with Crippen LogP contribution in [0, 0.1) is 10.1 Å². The molecule has 33 heavy (non-hydrogen) atoms. The number of anilines is 2. The average molecular weight is 452 g/mol. The Morgan fingerprint density at radius 1 is 1.15 bits per heavy atom. The van der Waals surface area contributed by atoms with E-state index in [2.05, 4.69) is 48.6 Å². The van der Waals surface area contributed by atoms with Gasteiger partial charge in [-0.3, -0.25) is 14.9 Å². The van der Waals surface area contributed by atoms with Crippen molar-refractivity contribution in [2.75, 3.05) is 30.9 Å². The standard InChI is InChI=1S/C24H29N5O4/c1-24(2,3)19-8-5-17(6-9-19)16-28-22(11-12-26-28)27-23(30)18-7-10-20(25-13-14-33-4)21(15-18)29(31)32/h5-12,15,25H,13-14,16H2,1-4H3,(H,27,30). The molecule has 1 heterocycles. The van der Waals surface area contributed by atoms with Crippen molar-refractivity contribution in [1.29, 1.82) is 0 Å². The number of carbonyl (C=O) groups is 1. The quantitative estimate of drug-likeness (QED) is 0.282. The van der Waals surface area contributed by atoms with Crippen LogP contribution in [-0.2, 0) is 16.7 Å². The molecule has 0 aliphatic rings. The van der Waals surface area contributed by atoms with Crippen LogP contribution in [0.3, 0.4) is 0 Å². The zero-order valence-electron chi connectivity index (χ0n) is 19.3. The van der Waals surface area contributed by atoms with Crippen LogP contribution in [0.15, 0.2) is 54.7 Å². The van der Waals surface area contributed by atoms with Crippen LogP contribution >= 0.6 is 0 Å². The summed E-state index contributed by atoms with van der Waals surface area (Å²) in [7, 11) is 1.55. The fourth-order valence-corrected chi connectivity index (χ4v) is 3.30. The summed E-state index contributed by atoms with van der Waals surface area (Å²) in [4.78, 5) is 23.8. The van der Waals surface area contributed by atoms with E-state index < -0.39 is 10.8 Å². The number of hydrogen-bond acceptors (Lipinski definition) is 6. The van der Waals surface area contributed by atoms with Gasteiger partial charge < -0.3 is 15.4 Å². The van der Waals surface area contributed by atoms with Gasteiger partial charge in [0.2, 0.25) is 0 Å². The SMILES string of the molecule is COCCNc1ccc(C(=O)Nc2ccnn2Cc2ccc(C(C)(C)C)cc2)cc1[N+](=O)[O-]. The van der Waals surface area contributed by atoms with Crippen LogP contribution < -0.4 is 10.6 Å². The van der Waals surface area contributed by atoms with Crippen LogP contribution in [0.4, 0.5) is 17.2 Å². The van der Waals surface area contributed by atoms with Gasteiger partial charge in [-0.15, -0.1) is 0 Å². The van der Waals surface area contributed by atoms with Gasteiger partial charge in [-0.25, -0.2) is 4.68 Å². The Kier molecular flexibility index (Phi) is 7.44. The maximum Gasteiger partial charge on any atom is 0.293 e. The van der Waals surface area contributed by atoms with Gasteiger partial charge in [-0.2, -0.15) is 5.10 Å². The van der Waals surface area contributed by atoms with Crippen molar-refractivity contribution < 1.29 is 14.5 Å². The number of hydrogen-bond donors (Lipinski definition) is 2. The first-order valence-electron chi connectivity index (χ1n) is 10.6. The van der Waals surface area contributed by atoms with Crippen molar-refractivity contribution in [3.05, 3.63) is 81.5 Å². The first kappa shape index (κ1) is 23.9. The zero-order valence-corrected chi connectivity index (χ0v) is 19.3. The number of nitro benzene ring substituents is 1. The number of aromatic nitrogens is 2. The lowest BCUT2D eigenvalue weighted by Gasteiger charge is -2.19. The van der Waals surface area contributed by atoms with Crippen LogP contribution in [0.5, 0.6) is 0 Å². The van der Waals surface area contributed by atoms with E-state index >= 15 is 0 Å². The molecule has 9 nitrogen and oxygen atoms in total. The Morgan fingerprint density at radius 2 is 1.88 bits per heavy atom. The molecule has 0 aliphatic carbocycles. The van der Waals surface area contributed by atoms with E-state index in [0.717, 1.165) is 5.56 Å². The number of carbonyl (C=O) groups excluding carboxylic acids is 1. The molecule has 0 atom stereocenters. The number of nitrogens with zero attached hydrogens (tertiary/aromatic N) is 3. The first-order valence-corrected chi connectivity index (χ1v) is 10.6. The molecule has 9 heteroatoms. The number of nitro groups is 1. The minimum atomic E-state index is -0.516. The molecule has 174 valence electrons. The molecule has 1 aromatic heterocycles. The molecule has 0 bridgehead atoms. The first-order chi connectivity index (χ1) is 15.7. The lowest BCUT2D eigenvalue weighted by atomic mass is 9.87. The summed E-state index contributed by atoms with van der Waals surface area (Å²) in [6.45, 7) is 7.79. The molecule has 2 aromatic carbocycles. The van der Waals surface area contributed by atoms with Crippen LogP contribution in [0.2, 0.25) is 0 Å². The summed E-state index contributed by atoms with van der Waals surface area (Å²) < 4.78 is 6.63. The van der Waals surface area contributed by atoms with Crippen LogP contribution in [0.25, 0.3) is 0 Å². The Morgan fingerprint density at radius 3 is 2.52 bits per heavy atom. The summed E-state index contributed by atoms with van der Waals surface area (Å²) in [6.07, 6.45) is 1.60. The Labute approximate surface area is 192 Å². The second kappa shape index (κ2) is 10.3. The number of nitrogens with one attached hydrogen (secondary N) is 2. The highest BCUT2D eigenvalue weighted by Gasteiger charge is 2.19. The maximum absolute atomic E-state index is 12.8. The third kappa shape index (κ3) is 6.17. The van der Waals surface area contributed by atoms with Gasteiger partial charge in [-0.05, 0) is 28.7 Å². The number of benzene rings is 2.